The topological polar surface area (TPSA) is 72.5 Å². The molecule has 2 aliphatic rings. The number of halogens is 3. The van der Waals surface area contributed by atoms with Gasteiger partial charge in [0.2, 0.25) is 0 Å². The van der Waals surface area contributed by atoms with Crippen molar-refractivity contribution in [2.45, 2.75) is 38.1 Å². The number of nitrogens with one attached hydrogen (secondary N) is 1. The first kappa shape index (κ1) is 19.2. The van der Waals surface area contributed by atoms with Gasteiger partial charge in [-0.2, -0.15) is 13.2 Å². The van der Waals surface area contributed by atoms with Crippen molar-refractivity contribution in [1.29, 1.82) is 0 Å². The van der Waals surface area contributed by atoms with Crippen LogP contribution < -0.4 is 4.72 Å². The van der Waals surface area contributed by atoms with Gasteiger partial charge in [0.1, 0.15) is 0 Å². The molecule has 0 amide bonds. The molecule has 4 unspecified atom stereocenters. The molecule has 24 heavy (non-hydrogen) atoms. The Bertz CT molecular complexity index is 602. The zero-order valence-corrected chi connectivity index (χ0v) is 14.3. The molecule has 2 fully saturated rings. The number of fused-ring (bicyclic) bond motifs is 2. The van der Waals surface area contributed by atoms with Gasteiger partial charge in [0, 0.05) is 12.1 Å². The van der Waals surface area contributed by atoms with E-state index in [0.29, 0.717) is 24.5 Å². The van der Waals surface area contributed by atoms with Crippen LogP contribution in [0.5, 0.6) is 0 Å². The number of sulfonamides is 1. The van der Waals surface area contributed by atoms with Crippen molar-refractivity contribution < 1.29 is 31.1 Å². The average Bonchev–Trinajstić information content (AvgIpc) is 2.99. The fourth-order valence-corrected chi connectivity index (χ4v) is 4.52. The third kappa shape index (κ3) is 4.11. The van der Waals surface area contributed by atoms with Gasteiger partial charge < -0.3 is 4.74 Å². The van der Waals surface area contributed by atoms with E-state index in [9.17, 15) is 26.4 Å². The smallest absolute Gasteiger partial charge is 0.462 e. The number of hydrogen-bond acceptors (Lipinski definition) is 4. The van der Waals surface area contributed by atoms with Gasteiger partial charge in [0.15, 0.2) is 0 Å². The quantitative estimate of drug-likeness (QED) is 0.553. The zero-order chi connectivity index (χ0) is 18.1. The summed E-state index contributed by atoms with van der Waals surface area (Å²) < 4.78 is 65.7. The van der Waals surface area contributed by atoms with Gasteiger partial charge in [-0.05, 0) is 56.3 Å². The van der Waals surface area contributed by atoms with E-state index in [2.05, 4.69) is 6.58 Å². The molecule has 5 nitrogen and oxygen atoms in total. The van der Waals surface area contributed by atoms with Crippen LogP contribution >= 0.6 is 0 Å². The van der Waals surface area contributed by atoms with Crippen LogP contribution in [-0.2, 0) is 19.6 Å². The van der Waals surface area contributed by atoms with Crippen molar-refractivity contribution in [1.82, 2.24) is 4.72 Å². The van der Waals surface area contributed by atoms with Crippen molar-refractivity contribution in [2.24, 2.45) is 23.7 Å². The summed E-state index contributed by atoms with van der Waals surface area (Å²) in [5.41, 5.74) is -4.94. The molecule has 2 bridgehead atoms. The van der Waals surface area contributed by atoms with Crippen LogP contribution in [0.4, 0.5) is 13.2 Å². The molecule has 0 radical (unpaired) electrons. The minimum atomic E-state index is -5.28. The van der Waals surface area contributed by atoms with Crippen molar-refractivity contribution in [3.63, 3.8) is 0 Å². The summed E-state index contributed by atoms with van der Waals surface area (Å²) in [7, 11) is -5.28. The molecule has 0 spiro atoms. The predicted octanol–water partition coefficient (Wildman–Crippen LogP) is 2.60. The number of rotatable bonds is 7. The summed E-state index contributed by atoms with van der Waals surface area (Å²) in [6, 6.07) is 0. The molecule has 1 N–H and O–H groups in total. The Morgan fingerprint density at radius 3 is 2.58 bits per heavy atom. The van der Waals surface area contributed by atoms with Crippen molar-refractivity contribution >= 4 is 16.0 Å². The summed E-state index contributed by atoms with van der Waals surface area (Å²) >= 11 is 0. The maximum absolute atomic E-state index is 12.3. The molecule has 9 heteroatoms. The fourth-order valence-electron chi connectivity index (χ4n) is 3.97. The van der Waals surface area contributed by atoms with Crippen molar-refractivity contribution in [3.8, 4) is 0 Å². The molecule has 0 heterocycles. The highest BCUT2D eigenvalue weighted by molar-refractivity contribution is 7.90. The van der Waals surface area contributed by atoms with Gasteiger partial charge >= 0.3 is 21.5 Å². The maximum Gasteiger partial charge on any atom is 0.511 e. The highest BCUT2D eigenvalue weighted by Gasteiger charge is 2.49. The number of esters is 1. The highest BCUT2D eigenvalue weighted by Crippen LogP contribution is 2.53. The Balaban J connectivity index is 1.83. The molecule has 0 aromatic rings. The molecule has 138 valence electrons. The Hall–Kier alpha value is -1.09. The first-order valence-electron chi connectivity index (χ1n) is 7.91. The third-order valence-corrected chi connectivity index (χ3v) is 6.30. The van der Waals surface area contributed by atoms with Crippen LogP contribution in [0.15, 0.2) is 12.2 Å². The Morgan fingerprint density at radius 2 is 2.00 bits per heavy atom. The van der Waals surface area contributed by atoms with E-state index < -0.39 is 21.5 Å². The standard InChI is InChI=1S/C15H22F3NO4S/c1-9(2)14(20)23-8-13-10-3-4-12(13)11(7-10)5-6-19-24(21,22)15(16,17)18/h10-13,19H,1,3-8H2,2H3. The van der Waals surface area contributed by atoms with Gasteiger partial charge in [-0.3, -0.25) is 0 Å². The highest BCUT2D eigenvalue weighted by atomic mass is 32.2. The van der Waals surface area contributed by atoms with E-state index in [0.717, 1.165) is 19.3 Å². The van der Waals surface area contributed by atoms with Gasteiger partial charge in [-0.25, -0.2) is 17.9 Å². The Labute approximate surface area is 139 Å². The van der Waals surface area contributed by atoms with E-state index in [4.69, 9.17) is 4.74 Å². The largest absolute Gasteiger partial charge is 0.511 e. The summed E-state index contributed by atoms with van der Waals surface area (Å²) in [6.07, 6.45) is 3.16. The Kier molecular flexibility index (Phi) is 5.64. The molecule has 2 saturated carbocycles. The molecule has 4 atom stereocenters. The lowest BCUT2D eigenvalue weighted by molar-refractivity contribution is -0.140. The lowest BCUT2D eigenvalue weighted by atomic mass is 9.86. The van der Waals surface area contributed by atoms with E-state index in [1.54, 1.807) is 11.6 Å². The normalized spacial score (nSPS) is 29.7. The van der Waals surface area contributed by atoms with Gasteiger partial charge in [-0.15, -0.1) is 0 Å². The fraction of sp³-hybridized carbons (Fsp3) is 0.800. The van der Waals surface area contributed by atoms with Crippen LogP contribution in [-0.4, -0.2) is 33.0 Å². The Morgan fingerprint density at radius 1 is 1.33 bits per heavy atom. The number of carbonyl (C=O) groups is 1. The number of ether oxygens (including phenoxy) is 1. The second kappa shape index (κ2) is 7.03. The molecule has 2 aliphatic carbocycles. The summed E-state index contributed by atoms with van der Waals surface area (Å²) in [5.74, 6) is 0.585. The number of alkyl halides is 3. The first-order chi connectivity index (χ1) is 11.0. The average molecular weight is 369 g/mol. The second-order valence-electron chi connectivity index (χ2n) is 6.67. The van der Waals surface area contributed by atoms with Gasteiger partial charge in [-0.1, -0.05) is 6.58 Å². The minimum Gasteiger partial charge on any atom is -0.462 e. The van der Waals surface area contributed by atoms with Gasteiger partial charge in [0.05, 0.1) is 6.61 Å². The van der Waals surface area contributed by atoms with Crippen LogP contribution in [0.25, 0.3) is 0 Å². The van der Waals surface area contributed by atoms with Crippen LogP contribution in [0.2, 0.25) is 0 Å². The number of carbonyl (C=O) groups excluding carboxylic acids is 1. The first-order valence-corrected chi connectivity index (χ1v) is 9.40. The summed E-state index contributed by atoms with van der Waals surface area (Å²) in [4.78, 5) is 11.5. The molecule has 2 rings (SSSR count). The molecular weight excluding hydrogens is 347 g/mol. The van der Waals surface area contributed by atoms with Gasteiger partial charge in [0.25, 0.3) is 0 Å². The minimum absolute atomic E-state index is 0.160. The summed E-state index contributed by atoms with van der Waals surface area (Å²) in [5, 5.41) is 0. The molecular formula is C15H22F3NO4S. The molecule has 0 aromatic heterocycles. The molecule has 0 aromatic carbocycles. The van der Waals surface area contributed by atoms with Crippen LogP contribution in [0.1, 0.15) is 32.6 Å². The van der Waals surface area contributed by atoms with Crippen LogP contribution in [0, 0.1) is 23.7 Å². The van der Waals surface area contributed by atoms with Crippen molar-refractivity contribution in [2.75, 3.05) is 13.2 Å². The SMILES string of the molecule is C=C(C)C(=O)OCC1C2CCC1C(CCNS(=O)(=O)C(F)(F)F)C2. The van der Waals surface area contributed by atoms with Crippen LogP contribution in [0.3, 0.4) is 0 Å². The van der Waals surface area contributed by atoms with E-state index in [-0.39, 0.29) is 24.3 Å². The van der Waals surface area contributed by atoms with E-state index >= 15 is 0 Å². The number of hydrogen-bond donors (Lipinski definition) is 1. The second-order valence-corrected chi connectivity index (χ2v) is 8.43. The lowest BCUT2D eigenvalue weighted by Crippen LogP contribution is -2.37. The van der Waals surface area contributed by atoms with E-state index in [1.165, 1.54) is 0 Å². The molecule has 0 aliphatic heterocycles. The maximum atomic E-state index is 12.3. The third-order valence-electron chi connectivity index (χ3n) is 5.10. The van der Waals surface area contributed by atoms with E-state index in [1.807, 2.05) is 0 Å². The molecule has 0 saturated heterocycles. The van der Waals surface area contributed by atoms with Crippen molar-refractivity contribution in [3.05, 3.63) is 12.2 Å². The monoisotopic (exact) mass is 369 g/mol. The zero-order valence-electron chi connectivity index (χ0n) is 13.4. The predicted molar refractivity (Wildman–Crippen MR) is 81.2 cm³/mol. The summed E-state index contributed by atoms with van der Waals surface area (Å²) in [6.45, 7) is 5.16. The lowest BCUT2D eigenvalue weighted by Gasteiger charge is -2.22.